The van der Waals surface area contributed by atoms with Gasteiger partial charge < -0.3 is 5.84 Å². The van der Waals surface area contributed by atoms with Crippen LogP contribution in [0.4, 0.5) is 0 Å². The highest BCUT2D eigenvalue weighted by molar-refractivity contribution is 8.09. The Labute approximate surface area is 141 Å². The highest BCUT2D eigenvalue weighted by Crippen LogP contribution is 2.36. The predicted molar refractivity (Wildman–Crippen MR) is 98.9 cm³/mol. The van der Waals surface area contributed by atoms with E-state index in [1.807, 2.05) is 38.1 Å². The fourth-order valence-corrected chi connectivity index (χ4v) is 4.25. The van der Waals surface area contributed by atoms with E-state index in [-0.39, 0.29) is 9.81 Å². The highest BCUT2D eigenvalue weighted by atomic mass is 32.2. The Bertz CT molecular complexity index is 894. The van der Waals surface area contributed by atoms with Crippen molar-refractivity contribution in [2.75, 3.05) is 0 Å². The summed E-state index contributed by atoms with van der Waals surface area (Å²) >= 11 is 0. The van der Waals surface area contributed by atoms with E-state index in [1.54, 1.807) is 24.3 Å². The summed E-state index contributed by atoms with van der Waals surface area (Å²) in [4.78, 5) is 0.426. The first-order chi connectivity index (χ1) is 11.4. The maximum Gasteiger partial charge on any atom is 0.207 e. The maximum absolute atomic E-state index is 13.1. The van der Waals surface area contributed by atoms with Crippen LogP contribution in [0.2, 0.25) is 0 Å². The second-order valence-electron chi connectivity index (χ2n) is 5.81. The number of hydrogen-bond donors (Lipinski definition) is 1. The molecule has 0 fully saturated rings. The van der Waals surface area contributed by atoms with Gasteiger partial charge in [0.25, 0.3) is 0 Å². The molecule has 1 aliphatic heterocycles. The van der Waals surface area contributed by atoms with Crippen molar-refractivity contribution in [2.45, 2.75) is 13.8 Å². The molecule has 2 aromatic carbocycles. The minimum atomic E-state index is -3.65. The standard InChI is InChI=1S/C19H18N2O2S/c1-13-3-7-15(8-4-13)18-11-17(21-20)12-19(24(18,22)23)16-9-5-14(2)6-10-16/h3-12H,20H2,1-2H3. The quantitative estimate of drug-likeness (QED) is 0.673. The molecule has 5 heteroatoms. The van der Waals surface area contributed by atoms with Crippen molar-refractivity contribution < 1.29 is 8.42 Å². The molecule has 24 heavy (non-hydrogen) atoms. The minimum absolute atomic E-state index is 0.213. The van der Waals surface area contributed by atoms with Crippen molar-refractivity contribution in [3.63, 3.8) is 0 Å². The Kier molecular flexibility index (Phi) is 4.11. The molecule has 3 rings (SSSR count). The first-order valence-electron chi connectivity index (χ1n) is 7.52. The molecule has 122 valence electrons. The monoisotopic (exact) mass is 338 g/mol. The average Bonchev–Trinajstić information content (AvgIpc) is 2.56. The SMILES string of the molecule is Cc1ccc(C2=CC(=NN)C=C(c3ccc(C)cc3)S2(=O)=O)cc1. The number of hydrogen-bond acceptors (Lipinski definition) is 4. The largest absolute Gasteiger partial charge is 0.323 e. The summed E-state index contributed by atoms with van der Waals surface area (Å²) in [7, 11) is -3.65. The van der Waals surface area contributed by atoms with Gasteiger partial charge in [-0.15, -0.1) is 0 Å². The van der Waals surface area contributed by atoms with Gasteiger partial charge in [0.2, 0.25) is 9.84 Å². The van der Waals surface area contributed by atoms with Crippen molar-refractivity contribution in [1.29, 1.82) is 0 Å². The van der Waals surface area contributed by atoms with Gasteiger partial charge in [0, 0.05) is 0 Å². The fraction of sp³-hybridized carbons (Fsp3) is 0.105. The Balaban J connectivity index is 2.17. The number of hydrazone groups is 1. The number of rotatable bonds is 2. The van der Waals surface area contributed by atoms with Crippen LogP contribution >= 0.6 is 0 Å². The normalized spacial score (nSPS) is 16.3. The van der Waals surface area contributed by atoms with E-state index in [9.17, 15) is 8.42 Å². The second kappa shape index (κ2) is 6.09. The number of benzene rings is 2. The average molecular weight is 338 g/mol. The van der Waals surface area contributed by atoms with Crippen LogP contribution in [0.15, 0.2) is 65.8 Å². The molecule has 1 aliphatic rings. The summed E-state index contributed by atoms with van der Waals surface area (Å²) < 4.78 is 26.2. The zero-order valence-electron chi connectivity index (χ0n) is 13.5. The van der Waals surface area contributed by atoms with Gasteiger partial charge in [-0.2, -0.15) is 5.10 Å². The second-order valence-corrected chi connectivity index (χ2v) is 7.69. The van der Waals surface area contributed by atoms with E-state index in [0.29, 0.717) is 16.8 Å². The summed E-state index contributed by atoms with van der Waals surface area (Å²) in [6.45, 7) is 3.91. The maximum atomic E-state index is 13.1. The molecule has 0 aliphatic carbocycles. The molecule has 0 radical (unpaired) electrons. The van der Waals surface area contributed by atoms with Crippen molar-refractivity contribution >= 4 is 25.4 Å². The van der Waals surface area contributed by atoms with E-state index >= 15 is 0 Å². The first-order valence-corrected chi connectivity index (χ1v) is 9.00. The van der Waals surface area contributed by atoms with Crippen LogP contribution in [-0.2, 0) is 9.84 Å². The number of aryl methyl sites for hydroxylation is 2. The molecule has 0 saturated carbocycles. The van der Waals surface area contributed by atoms with Crippen LogP contribution in [0.3, 0.4) is 0 Å². The minimum Gasteiger partial charge on any atom is -0.323 e. The van der Waals surface area contributed by atoms with Gasteiger partial charge in [-0.25, -0.2) is 8.42 Å². The van der Waals surface area contributed by atoms with Gasteiger partial charge in [0.15, 0.2) is 0 Å². The third-order valence-corrected chi connectivity index (χ3v) is 5.82. The Morgan fingerprint density at radius 2 is 1.12 bits per heavy atom. The molecule has 0 saturated heterocycles. The van der Waals surface area contributed by atoms with Crippen LogP contribution < -0.4 is 5.84 Å². The Morgan fingerprint density at radius 3 is 1.46 bits per heavy atom. The summed E-state index contributed by atoms with van der Waals surface area (Å²) in [5, 5.41) is 3.70. The van der Waals surface area contributed by atoms with E-state index in [1.165, 1.54) is 12.2 Å². The van der Waals surface area contributed by atoms with E-state index in [2.05, 4.69) is 5.10 Å². The van der Waals surface area contributed by atoms with Crippen LogP contribution in [0.1, 0.15) is 22.3 Å². The topological polar surface area (TPSA) is 72.5 Å². The van der Waals surface area contributed by atoms with Gasteiger partial charge in [0.1, 0.15) is 0 Å². The zero-order chi connectivity index (χ0) is 17.3. The summed E-state index contributed by atoms with van der Waals surface area (Å²) in [5.74, 6) is 5.42. The van der Waals surface area contributed by atoms with Gasteiger partial charge >= 0.3 is 0 Å². The van der Waals surface area contributed by atoms with Crippen LogP contribution in [0.25, 0.3) is 9.81 Å². The van der Waals surface area contributed by atoms with Crippen molar-refractivity contribution in [3.8, 4) is 0 Å². The molecule has 0 bridgehead atoms. The first kappa shape index (κ1) is 16.2. The highest BCUT2D eigenvalue weighted by Gasteiger charge is 2.30. The van der Waals surface area contributed by atoms with Crippen LogP contribution in [0, 0.1) is 13.8 Å². The third-order valence-electron chi connectivity index (χ3n) is 3.96. The molecular weight excluding hydrogens is 320 g/mol. The Hall–Kier alpha value is -2.66. The fourth-order valence-electron chi connectivity index (χ4n) is 2.57. The molecular formula is C19H18N2O2S. The number of nitrogens with two attached hydrogens (primary N) is 1. The number of allylic oxidation sites excluding steroid dienone is 2. The Morgan fingerprint density at radius 1 is 0.750 bits per heavy atom. The molecule has 2 aromatic rings. The molecule has 0 atom stereocenters. The van der Waals surface area contributed by atoms with E-state index in [0.717, 1.165) is 11.1 Å². The predicted octanol–water partition coefficient (Wildman–Crippen LogP) is 3.43. The number of sulfone groups is 1. The lowest BCUT2D eigenvalue weighted by atomic mass is 10.1. The molecule has 0 amide bonds. The third kappa shape index (κ3) is 2.90. The van der Waals surface area contributed by atoms with Crippen molar-refractivity contribution in [2.24, 2.45) is 10.9 Å². The molecule has 4 nitrogen and oxygen atoms in total. The van der Waals surface area contributed by atoms with E-state index in [4.69, 9.17) is 5.84 Å². The van der Waals surface area contributed by atoms with Gasteiger partial charge in [-0.05, 0) is 37.1 Å². The van der Waals surface area contributed by atoms with Gasteiger partial charge in [-0.3, -0.25) is 0 Å². The number of nitrogens with zero attached hydrogens (tertiary/aromatic N) is 1. The van der Waals surface area contributed by atoms with Crippen LogP contribution in [0.5, 0.6) is 0 Å². The molecule has 0 spiro atoms. The van der Waals surface area contributed by atoms with Crippen molar-refractivity contribution in [1.82, 2.24) is 0 Å². The van der Waals surface area contributed by atoms with Gasteiger partial charge in [0.05, 0.1) is 15.5 Å². The lowest BCUT2D eigenvalue weighted by Crippen LogP contribution is -2.14. The zero-order valence-corrected chi connectivity index (χ0v) is 14.3. The summed E-state index contributed by atoms with van der Waals surface area (Å²) in [5.41, 5.74) is 3.80. The summed E-state index contributed by atoms with van der Waals surface area (Å²) in [6.07, 6.45) is 3.02. The molecule has 1 heterocycles. The lowest BCUT2D eigenvalue weighted by molar-refractivity contribution is 0.615. The van der Waals surface area contributed by atoms with E-state index < -0.39 is 9.84 Å². The van der Waals surface area contributed by atoms with Crippen LogP contribution in [-0.4, -0.2) is 14.1 Å². The molecule has 0 aromatic heterocycles. The van der Waals surface area contributed by atoms with Gasteiger partial charge in [-0.1, -0.05) is 59.7 Å². The molecule has 2 N–H and O–H groups in total. The smallest absolute Gasteiger partial charge is 0.207 e. The van der Waals surface area contributed by atoms with Crippen molar-refractivity contribution in [3.05, 3.63) is 82.9 Å². The summed E-state index contributed by atoms with van der Waals surface area (Å²) in [6, 6.07) is 14.7. The molecule has 0 unspecified atom stereocenters. The lowest BCUT2D eigenvalue weighted by Gasteiger charge is -2.18.